The van der Waals surface area contributed by atoms with Crippen molar-refractivity contribution in [2.45, 2.75) is 46.1 Å². The summed E-state index contributed by atoms with van der Waals surface area (Å²) in [7, 11) is 0. The van der Waals surface area contributed by atoms with Gasteiger partial charge >= 0.3 is 0 Å². The Morgan fingerprint density at radius 3 is 2.79 bits per heavy atom. The first-order valence-corrected chi connectivity index (χ1v) is 7.19. The average Bonchev–Trinajstić information content (AvgIpc) is 2.68. The smallest absolute Gasteiger partial charge is 0.0725 e. The van der Waals surface area contributed by atoms with Gasteiger partial charge in [-0.05, 0) is 37.3 Å². The average molecular weight is 254 g/mol. The van der Waals surface area contributed by atoms with E-state index >= 15 is 0 Å². The molecular weight excluding hydrogens is 232 g/mol. The molecule has 3 rings (SSSR count). The van der Waals surface area contributed by atoms with Gasteiger partial charge in [-0.15, -0.1) is 0 Å². The van der Waals surface area contributed by atoms with Gasteiger partial charge in [-0.1, -0.05) is 38.5 Å². The van der Waals surface area contributed by atoms with E-state index in [2.05, 4.69) is 61.4 Å². The van der Waals surface area contributed by atoms with Crippen LogP contribution < -0.4 is 5.32 Å². The van der Waals surface area contributed by atoms with Gasteiger partial charge < -0.3 is 5.32 Å². The van der Waals surface area contributed by atoms with Crippen molar-refractivity contribution in [2.75, 3.05) is 5.32 Å². The summed E-state index contributed by atoms with van der Waals surface area (Å²) in [6.07, 6.45) is 3.90. The van der Waals surface area contributed by atoms with Gasteiger partial charge in [0.1, 0.15) is 0 Å². The lowest BCUT2D eigenvalue weighted by Gasteiger charge is -2.29. The van der Waals surface area contributed by atoms with Crippen LogP contribution in [0.25, 0.3) is 10.9 Å². The first-order valence-electron chi connectivity index (χ1n) is 7.19. The maximum Gasteiger partial charge on any atom is 0.0725 e. The molecule has 0 bridgehead atoms. The van der Waals surface area contributed by atoms with Crippen molar-refractivity contribution >= 4 is 16.6 Å². The zero-order valence-corrected chi connectivity index (χ0v) is 12.0. The van der Waals surface area contributed by atoms with Crippen LogP contribution in [0, 0.1) is 12.3 Å². The van der Waals surface area contributed by atoms with Gasteiger partial charge in [0, 0.05) is 22.8 Å². The number of anilines is 1. The summed E-state index contributed by atoms with van der Waals surface area (Å²) in [6.45, 7) is 6.80. The summed E-state index contributed by atoms with van der Waals surface area (Å²) in [5.41, 5.74) is 3.79. The lowest BCUT2D eigenvalue weighted by molar-refractivity contribution is 0.350. The van der Waals surface area contributed by atoms with Gasteiger partial charge in [-0.2, -0.15) is 0 Å². The fourth-order valence-corrected chi connectivity index (χ4v) is 3.21. The second-order valence-electron chi connectivity index (χ2n) is 6.41. The zero-order valence-electron chi connectivity index (χ0n) is 12.0. The van der Waals surface area contributed by atoms with Crippen LogP contribution in [0.3, 0.4) is 0 Å². The highest BCUT2D eigenvalue weighted by atomic mass is 15.0. The molecule has 1 heterocycles. The molecule has 0 radical (unpaired) electrons. The Kier molecular flexibility index (Phi) is 2.96. The van der Waals surface area contributed by atoms with Crippen LogP contribution in [0.2, 0.25) is 0 Å². The highest BCUT2D eigenvalue weighted by Gasteiger charge is 2.34. The first-order chi connectivity index (χ1) is 9.06. The SMILES string of the molecule is Cc1cc(NC2CCCC2(C)C)c2ccccc2n1. The maximum atomic E-state index is 4.61. The van der Waals surface area contributed by atoms with E-state index in [0.29, 0.717) is 11.5 Å². The van der Waals surface area contributed by atoms with Crippen LogP contribution in [-0.2, 0) is 0 Å². The number of aromatic nitrogens is 1. The van der Waals surface area contributed by atoms with Crippen molar-refractivity contribution < 1.29 is 0 Å². The molecule has 1 unspecified atom stereocenters. The molecule has 19 heavy (non-hydrogen) atoms. The minimum Gasteiger partial charge on any atom is -0.381 e. The molecule has 1 N–H and O–H groups in total. The largest absolute Gasteiger partial charge is 0.381 e. The molecule has 2 aromatic rings. The van der Waals surface area contributed by atoms with E-state index < -0.39 is 0 Å². The Morgan fingerprint density at radius 2 is 2.05 bits per heavy atom. The van der Waals surface area contributed by atoms with Gasteiger partial charge in [-0.3, -0.25) is 4.98 Å². The number of nitrogens with one attached hydrogen (secondary N) is 1. The zero-order chi connectivity index (χ0) is 13.5. The molecular formula is C17H22N2. The molecule has 0 amide bonds. The Balaban J connectivity index is 2.01. The summed E-state index contributed by atoms with van der Waals surface area (Å²) in [5.74, 6) is 0. The Labute approximate surface area is 115 Å². The van der Waals surface area contributed by atoms with E-state index in [-0.39, 0.29) is 0 Å². The standard InChI is InChI=1S/C17H22N2/c1-12-11-15(13-7-4-5-8-14(13)18-12)19-16-9-6-10-17(16,2)3/h4-5,7-8,11,16H,6,9-10H2,1-3H3,(H,18,19). The van der Waals surface area contributed by atoms with Crippen molar-refractivity contribution in [3.8, 4) is 0 Å². The molecule has 1 aromatic carbocycles. The molecule has 1 atom stereocenters. The van der Waals surface area contributed by atoms with Crippen LogP contribution in [0.1, 0.15) is 38.8 Å². The number of aryl methyl sites for hydroxylation is 1. The third-order valence-electron chi connectivity index (χ3n) is 4.43. The summed E-state index contributed by atoms with van der Waals surface area (Å²) < 4.78 is 0. The summed E-state index contributed by atoms with van der Waals surface area (Å²) in [5, 5.41) is 5.01. The van der Waals surface area contributed by atoms with E-state index in [1.165, 1.54) is 30.3 Å². The fourth-order valence-electron chi connectivity index (χ4n) is 3.21. The van der Waals surface area contributed by atoms with Gasteiger partial charge in [0.25, 0.3) is 0 Å². The normalized spacial score (nSPS) is 21.7. The predicted octanol–water partition coefficient (Wildman–Crippen LogP) is 4.53. The highest BCUT2D eigenvalue weighted by Crippen LogP contribution is 2.39. The van der Waals surface area contributed by atoms with E-state index in [9.17, 15) is 0 Å². The number of para-hydroxylation sites is 1. The van der Waals surface area contributed by atoms with Crippen LogP contribution in [0.5, 0.6) is 0 Å². The highest BCUT2D eigenvalue weighted by molar-refractivity contribution is 5.91. The van der Waals surface area contributed by atoms with Crippen LogP contribution in [0.4, 0.5) is 5.69 Å². The molecule has 100 valence electrons. The molecule has 0 spiro atoms. The fraction of sp³-hybridized carbons (Fsp3) is 0.471. The van der Waals surface area contributed by atoms with Crippen molar-refractivity contribution in [2.24, 2.45) is 5.41 Å². The number of nitrogens with zero attached hydrogens (tertiary/aromatic N) is 1. The lowest BCUT2D eigenvalue weighted by Crippen LogP contribution is -2.30. The topological polar surface area (TPSA) is 24.9 Å². The Hall–Kier alpha value is -1.57. The lowest BCUT2D eigenvalue weighted by atomic mass is 9.87. The van der Waals surface area contributed by atoms with Crippen molar-refractivity contribution in [3.05, 3.63) is 36.0 Å². The quantitative estimate of drug-likeness (QED) is 0.851. The summed E-state index contributed by atoms with van der Waals surface area (Å²) in [4.78, 5) is 4.61. The molecule has 0 saturated heterocycles. The number of hydrogen-bond acceptors (Lipinski definition) is 2. The molecule has 1 aromatic heterocycles. The van der Waals surface area contributed by atoms with Crippen molar-refractivity contribution in [1.82, 2.24) is 4.98 Å². The summed E-state index contributed by atoms with van der Waals surface area (Å²) in [6, 6.07) is 11.1. The maximum absolute atomic E-state index is 4.61. The van der Waals surface area contributed by atoms with Crippen LogP contribution >= 0.6 is 0 Å². The molecule has 2 nitrogen and oxygen atoms in total. The predicted molar refractivity (Wildman–Crippen MR) is 81.5 cm³/mol. The Bertz CT molecular complexity index is 601. The van der Waals surface area contributed by atoms with Crippen LogP contribution in [0.15, 0.2) is 30.3 Å². The second-order valence-corrected chi connectivity index (χ2v) is 6.41. The number of hydrogen-bond donors (Lipinski definition) is 1. The van der Waals surface area contributed by atoms with E-state index in [1.807, 2.05) is 0 Å². The molecule has 0 aliphatic heterocycles. The third-order valence-corrected chi connectivity index (χ3v) is 4.43. The first kappa shape index (κ1) is 12.5. The van der Waals surface area contributed by atoms with Crippen LogP contribution in [-0.4, -0.2) is 11.0 Å². The van der Waals surface area contributed by atoms with Gasteiger partial charge in [-0.25, -0.2) is 0 Å². The Morgan fingerprint density at radius 1 is 1.26 bits per heavy atom. The van der Waals surface area contributed by atoms with Crippen molar-refractivity contribution in [1.29, 1.82) is 0 Å². The van der Waals surface area contributed by atoms with E-state index in [4.69, 9.17) is 0 Å². The second kappa shape index (κ2) is 4.52. The number of fused-ring (bicyclic) bond motifs is 1. The van der Waals surface area contributed by atoms with E-state index in [0.717, 1.165) is 11.2 Å². The van der Waals surface area contributed by atoms with Gasteiger partial charge in [0.05, 0.1) is 5.52 Å². The molecule has 1 saturated carbocycles. The number of rotatable bonds is 2. The number of benzene rings is 1. The molecule has 2 heteroatoms. The third kappa shape index (κ3) is 2.32. The summed E-state index contributed by atoms with van der Waals surface area (Å²) >= 11 is 0. The van der Waals surface area contributed by atoms with E-state index in [1.54, 1.807) is 0 Å². The molecule has 1 aliphatic rings. The van der Waals surface area contributed by atoms with Crippen molar-refractivity contribution in [3.63, 3.8) is 0 Å². The monoisotopic (exact) mass is 254 g/mol. The van der Waals surface area contributed by atoms with Gasteiger partial charge in [0.15, 0.2) is 0 Å². The minimum absolute atomic E-state index is 0.387. The van der Waals surface area contributed by atoms with Gasteiger partial charge in [0.2, 0.25) is 0 Å². The number of pyridine rings is 1. The molecule has 1 aliphatic carbocycles. The molecule has 1 fully saturated rings. The minimum atomic E-state index is 0.387.